The molecule has 0 saturated carbocycles. The largest absolute Gasteiger partial charge is 0.493 e. The van der Waals surface area contributed by atoms with Crippen LogP contribution >= 0.6 is 0 Å². The second kappa shape index (κ2) is 8.39. The number of carbonyl (C=O) groups excluding carboxylic acids is 1. The summed E-state index contributed by atoms with van der Waals surface area (Å²) < 4.78 is 38.8. The van der Waals surface area contributed by atoms with Crippen molar-refractivity contribution >= 4 is 27.2 Å². The highest BCUT2D eigenvalue weighted by Gasteiger charge is 2.40. The topological polar surface area (TPSA) is 76.2 Å². The molecule has 7 nitrogen and oxygen atoms in total. The normalized spacial score (nSPS) is 14.9. The number of hydrogen-bond acceptors (Lipinski definition) is 5. The average molecular weight is 431 g/mol. The first-order valence-electron chi connectivity index (χ1n) is 9.55. The van der Waals surface area contributed by atoms with E-state index in [1.165, 1.54) is 23.4 Å². The molecule has 1 aliphatic rings. The van der Waals surface area contributed by atoms with Crippen molar-refractivity contribution in [2.75, 3.05) is 32.1 Å². The van der Waals surface area contributed by atoms with Gasteiger partial charge in [-0.15, -0.1) is 0 Å². The van der Waals surface area contributed by atoms with Crippen molar-refractivity contribution in [2.45, 2.75) is 20.4 Å². The number of anilines is 1. The van der Waals surface area contributed by atoms with Crippen molar-refractivity contribution in [3.05, 3.63) is 58.5 Å². The van der Waals surface area contributed by atoms with Crippen molar-refractivity contribution in [3.63, 3.8) is 0 Å². The molecule has 1 aliphatic heterocycles. The molecule has 0 atom stereocenters. The smallest absolute Gasteiger partial charge is 0.270 e. The van der Waals surface area contributed by atoms with Gasteiger partial charge in [-0.25, -0.2) is 8.42 Å². The van der Waals surface area contributed by atoms with Gasteiger partial charge in [-0.1, -0.05) is 30.3 Å². The number of benzene rings is 2. The molecule has 2 aromatic rings. The first-order valence-corrected chi connectivity index (χ1v) is 11.0. The standard InChI is InChI=1S/C22H26N2O5S/c1-6-24-18-13-20(29-5)19(28-4)12-17(18)15(2)21(30(24,26)27)22(25)23(3)14-16-10-8-7-9-11-16/h7-13H,6,14H2,1-5H3. The highest BCUT2D eigenvalue weighted by Crippen LogP contribution is 2.45. The third-order valence-corrected chi connectivity index (χ3v) is 7.19. The fourth-order valence-electron chi connectivity index (χ4n) is 3.64. The van der Waals surface area contributed by atoms with E-state index < -0.39 is 15.9 Å². The number of fused-ring (bicyclic) bond motifs is 1. The Morgan fingerprint density at radius 3 is 2.23 bits per heavy atom. The lowest BCUT2D eigenvalue weighted by atomic mass is 10.0. The van der Waals surface area contributed by atoms with Crippen LogP contribution in [0.1, 0.15) is 25.0 Å². The molecule has 30 heavy (non-hydrogen) atoms. The minimum Gasteiger partial charge on any atom is -0.493 e. The third kappa shape index (κ3) is 3.63. The molecule has 0 spiro atoms. The Hall–Kier alpha value is -3.00. The van der Waals surface area contributed by atoms with Crippen LogP contribution in [-0.4, -0.2) is 47.0 Å². The molecule has 0 aromatic heterocycles. The van der Waals surface area contributed by atoms with Gasteiger partial charge in [-0.3, -0.25) is 9.10 Å². The number of ether oxygens (including phenoxy) is 2. The lowest BCUT2D eigenvalue weighted by molar-refractivity contribution is -0.125. The van der Waals surface area contributed by atoms with Crippen molar-refractivity contribution in [1.29, 1.82) is 0 Å². The molecular formula is C22H26N2O5S. The molecule has 0 N–H and O–H groups in total. The molecule has 8 heteroatoms. The first-order chi connectivity index (χ1) is 14.3. The summed E-state index contributed by atoms with van der Waals surface area (Å²) in [5.41, 5.74) is 2.40. The summed E-state index contributed by atoms with van der Waals surface area (Å²) in [5, 5.41) is 0. The number of amides is 1. The average Bonchev–Trinajstić information content (AvgIpc) is 2.73. The van der Waals surface area contributed by atoms with Crippen LogP contribution in [0.25, 0.3) is 5.57 Å². The highest BCUT2D eigenvalue weighted by atomic mass is 32.2. The summed E-state index contributed by atoms with van der Waals surface area (Å²) in [5.74, 6) is 0.347. The van der Waals surface area contributed by atoms with Crippen LogP contribution in [0.2, 0.25) is 0 Å². The first kappa shape index (κ1) is 21.7. The van der Waals surface area contributed by atoms with Crippen molar-refractivity contribution < 1.29 is 22.7 Å². The van der Waals surface area contributed by atoms with Gasteiger partial charge in [0.2, 0.25) is 0 Å². The number of hydrogen-bond donors (Lipinski definition) is 0. The molecule has 1 heterocycles. The molecule has 2 aromatic carbocycles. The fourth-order valence-corrected chi connectivity index (χ4v) is 5.49. The lowest BCUT2D eigenvalue weighted by Crippen LogP contribution is -2.41. The molecule has 160 valence electrons. The summed E-state index contributed by atoms with van der Waals surface area (Å²) in [7, 11) is 0.578. The number of likely N-dealkylation sites (N-methyl/N-ethyl adjacent to an activating group) is 1. The van der Waals surface area contributed by atoms with E-state index in [2.05, 4.69) is 0 Å². The predicted molar refractivity (Wildman–Crippen MR) is 117 cm³/mol. The van der Waals surface area contributed by atoms with Gasteiger partial charge in [-0.2, -0.15) is 0 Å². The highest BCUT2D eigenvalue weighted by molar-refractivity contribution is 7.97. The second-order valence-electron chi connectivity index (χ2n) is 7.00. The van der Waals surface area contributed by atoms with Crippen LogP contribution in [0.15, 0.2) is 47.4 Å². The maximum atomic E-state index is 13.4. The van der Waals surface area contributed by atoms with E-state index in [0.717, 1.165) is 5.56 Å². The van der Waals surface area contributed by atoms with E-state index >= 15 is 0 Å². The third-order valence-electron chi connectivity index (χ3n) is 5.15. The van der Waals surface area contributed by atoms with E-state index in [1.54, 1.807) is 33.0 Å². The van der Waals surface area contributed by atoms with Gasteiger partial charge in [-0.05, 0) is 31.1 Å². The van der Waals surface area contributed by atoms with Gasteiger partial charge in [0.1, 0.15) is 0 Å². The van der Waals surface area contributed by atoms with Crippen molar-refractivity contribution in [2.24, 2.45) is 0 Å². The van der Waals surface area contributed by atoms with Crippen molar-refractivity contribution in [3.8, 4) is 11.5 Å². The zero-order valence-corrected chi connectivity index (χ0v) is 18.6. The van der Waals surface area contributed by atoms with Gasteiger partial charge in [0, 0.05) is 31.8 Å². The van der Waals surface area contributed by atoms with Gasteiger partial charge < -0.3 is 14.4 Å². The summed E-state index contributed by atoms with van der Waals surface area (Å²) in [4.78, 5) is 14.5. The van der Waals surface area contributed by atoms with Gasteiger partial charge >= 0.3 is 0 Å². The molecule has 3 rings (SSSR count). The molecule has 1 amide bonds. The van der Waals surface area contributed by atoms with Gasteiger partial charge in [0.05, 0.1) is 19.9 Å². The van der Waals surface area contributed by atoms with E-state index in [1.807, 2.05) is 30.3 Å². The maximum absolute atomic E-state index is 13.4. The summed E-state index contributed by atoms with van der Waals surface area (Å²) in [6.45, 7) is 3.86. The zero-order valence-electron chi connectivity index (χ0n) is 17.8. The Bertz CT molecular complexity index is 1090. The predicted octanol–water partition coefficient (Wildman–Crippen LogP) is 3.26. The molecule has 0 fully saturated rings. The van der Waals surface area contributed by atoms with Crippen LogP contribution in [0, 0.1) is 0 Å². The lowest BCUT2D eigenvalue weighted by Gasteiger charge is -2.33. The van der Waals surface area contributed by atoms with E-state index in [9.17, 15) is 13.2 Å². The van der Waals surface area contributed by atoms with Crippen LogP contribution in [0.5, 0.6) is 11.5 Å². The second-order valence-corrected chi connectivity index (χ2v) is 8.79. The molecular weight excluding hydrogens is 404 g/mol. The van der Waals surface area contributed by atoms with E-state index in [-0.39, 0.29) is 11.4 Å². The Labute approximate surface area is 177 Å². The zero-order chi connectivity index (χ0) is 22.1. The number of sulfonamides is 1. The molecule has 0 bridgehead atoms. The monoisotopic (exact) mass is 430 g/mol. The van der Waals surface area contributed by atoms with E-state index in [4.69, 9.17) is 9.47 Å². The molecule has 0 radical (unpaired) electrons. The summed E-state index contributed by atoms with van der Waals surface area (Å²) in [6.07, 6.45) is 0. The van der Waals surface area contributed by atoms with Gasteiger partial charge in [0.25, 0.3) is 15.9 Å². The van der Waals surface area contributed by atoms with Gasteiger partial charge in [0.15, 0.2) is 16.4 Å². The number of rotatable bonds is 6. The Kier molecular flexibility index (Phi) is 6.07. The quantitative estimate of drug-likeness (QED) is 0.703. The Morgan fingerprint density at radius 2 is 1.67 bits per heavy atom. The molecule has 0 saturated heterocycles. The maximum Gasteiger partial charge on any atom is 0.270 e. The van der Waals surface area contributed by atoms with Crippen LogP contribution in [0.4, 0.5) is 5.69 Å². The van der Waals surface area contributed by atoms with Crippen LogP contribution in [-0.2, 0) is 21.4 Å². The minimum absolute atomic E-state index is 0.178. The molecule has 0 unspecified atom stereocenters. The van der Waals surface area contributed by atoms with Crippen molar-refractivity contribution in [1.82, 2.24) is 4.90 Å². The SMILES string of the molecule is CCN1c2cc(OC)c(OC)cc2C(C)=C(C(=O)N(C)Cc2ccccc2)S1(=O)=O. The van der Waals surface area contributed by atoms with Crippen LogP contribution in [0.3, 0.4) is 0 Å². The Balaban J connectivity index is 2.14. The number of nitrogens with zero attached hydrogens (tertiary/aromatic N) is 2. The fraction of sp³-hybridized carbons (Fsp3) is 0.318. The molecule has 0 aliphatic carbocycles. The van der Waals surface area contributed by atoms with Crippen LogP contribution < -0.4 is 13.8 Å². The number of allylic oxidation sites excluding steroid dienone is 1. The summed E-state index contributed by atoms with van der Waals surface area (Å²) in [6, 6.07) is 12.8. The number of methoxy groups -OCH3 is 2. The summed E-state index contributed by atoms with van der Waals surface area (Å²) >= 11 is 0. The van der Waals surface area contributed by atoms with E-state index in [0.29, 0.717) is 34.9 Å². The number of carbonyl (C=O) groups is 1. The minimum atomic E-state index is -4.03. The Morgan fingerprint density at radius 1 is 1.07 bits per heavy atom.